The number of hydrogen-bond donors (Lipinski definition) is 2. The monoisotopic (exact) mass is 243 g/mol. The molecule has 5 heteroatoms. The molecule has 0 saturated heterocycles. The van der Waals surface area contributed by atoms with Gasteiger partial charge in [0.15, 0.2) is 0 Å². The maximum absolute atomic E-state index is 11.8. The molecule has 0 aliphatic rings. The molecule has 2 aromatic heterocycles. The van der Waals surface area contributed by atoms with Crippen molar-refractivity contribution in [3.63, 3.8) is 0 Å². The van der Waals surface area contributed by atoms with E-state index in [0.29, 0.717) is 17.0 Å². The lowest BCUT2D eigenvalue weighted by Crippen LogP contribution is -2.35. The number of pyridine rings is 1. The minimum atomic E-state index is -0.267. The molecule has 2 aromatic rings. The molecule has 18 heavy (non-hydrogen) atoms. The molecule has 2 heterocycles. The van der Waals surface area contributed by atoms with Gasteiger partial charge in [0.1, 0.15) is 5.76 Å². The number of amides is 1. The zero-order chi connectivity index (χ0) is 13.0. The van der Waals surface area contributed by atoms with Gasteiger partial charge < -0.3 is 4.42 Å². The van der Waals surface area contributed by atoms with Gasteiger partial charge in [0, 0.05) is 18.0 Å². The number of rotatable bonds is 4. The predicted octanol–water partition coefficient (Wildman–Crippen LogP) is 1.89. The molecule has 0 bridgehead atoms. The molecule has 0 spiro atoms. The summed E-state index contributed by atoms with van der Waals surface area (Å²) in [4.78, 5) is 15.7. The number of nitrogens with zero attached hydrogens (tertiary/aromatic N) is 1. The van der Waals surface area contributed by atoms with Gasteiger partial charge in [-0.05, 0) is 25.1 Å². The summed E-state index contributed by atoms with van der Waals surface area (Å²) in [5.41, 5.74) is 7.24. The smallest absolute Gasteiger partial charge is 0.273 e. The second kappa shape index (κ2) is 5.18. The number of hydrazine groups is 1. The van der Waals surface area contributed by atoms with Crippen LogP contribution in [0.5, 0.6) is 0 Å². The van der Waals surface area contributed by atoms with Gasteiger partial charge in [0.2, 0.25) is 0 Å². The van der Waals surface area contributed by atoms with E-state index < -0.39 is 0 Å². The van der Waals surface area contributed by atoms with Gasteiger partial charge in [0.05, 0.1) is 17.5 Å². The lowest BCUT2D eigenvalue weighted by Gasteiger charge is -2.10. The normalized spacial score (nSPS) is 9.83. The van der Waals surface area contributed by atoms with Crippen molar-refractivity contribution in [1.29, 1.82) is 0 Å². The SMILES string of the molecule is C=C(NNC(=O)c1ccoc1C)c1ccncc1. The van der Waals surface area contributed by atoms with Crippen molar-refractivity contribution < 1.29 is 9.21 Å². The van der Waals surface area contributed by atoms with Gasteiger partial charge in [-0.1, -0.05) is 6.58 Å². The van der Waals surface area contributed by atoms with Crippen LogP contribution in [0, 0.1) is 6.92 Å². The van der Waals surface area contributed by atoms with Gasteiger partial charge in [0.25, 0.3) is 5.91 Å². The summed E-state index contributed by atoms with van der Waals surface area (Å²) in [5, 5.41) is 0. The molecule has 92 valence electrons. The quantitative estimate of drug-likeness (QED) is 0.805. The highest BCUT2D eigenvalue weighted by Crippen LogP contribution is 2.09. The fourth-order valence-corrected chi connectivity index (χ4v) is 1.45. The fourth-order valence-electron chi connectivity index (χ4n) is 1.45. The molecule has 5 nitrogen and oxygen atoms in total. The maximum Gasteiger partial charge on any atom is 0.273 e. The number of aryl methyl sites for hydroxylation is 1. The first kappa shape index (κ1) is 11.9. The highest BCUT2D eigenvalue weighted by Gasteiger charge is 2.10. The Hall–Kier alpha value is -2.56. The van der Waals surface area contributed by atoms with Gasteiger partial charge in [-0.3, -0.25) is 20.6 Å². The number of carbonyl (C=O) groups excluding carboxylic acids is 1. The van der Waals surface area contributed by atoms with E-state index in [9.17, 15) is 4.79 Å². The number of hydrogen-bond acceptors (Lipinski definition) is 4. The van der Waals surface area contributed by atoms with Crippen LogP contribution < -0.4 is 10.9 Å². The topological polar surface area (TPSA) is 67.2 Å². The summed E-state index contributed by atoms with van der Waals surface area (Å²) < 4.78 is 5.06. The molecule has 0 atom stereocenters. The van der Waals surface area contributed by atoms with Crippen LogP contribution >= 0.6 is 0 Å². The Kier molecular flexibility index (Phi) is 3.43. The molecule has 0 aliphatic carbocycles. The third-order valence-electron chi connectivity index (χ3n) is 2.46. The lowest BCUT2D eigenvalue weighted by atomic mass is 10.2. The van der Waals surface area contributed by atoms with E-state index >= 15 is 0 Å². The molecule has 0 fully saturated rings. The van der Waals surface area contributed by atoms with Crippen LogP contribution in [-0.2, 0) is 0 Å². The fraction of sp³-hybridized carbons (Fsp3) is 0.0769. The second-order valence-electron chi connectivity index (χ2n) is 3.68. The average molecular weight is 243 g/mol. The standard InChI is InChI=1S/C13H13N3O2/c1-9(11-3-6-14-7-4-11)15-16-13(17)12-5-8-18-10(12)2/h3-8,15H,1H2,2H3,(H,16,17). The van der Waals surface area contributed by atoms with E-state index in [2.05, 4.69) is 22.4 Å². The summed E-state index contributed by atoms with van der Waals surface area (Å²) in [6.45, 7) is 5.55. The Morgan fingerprint density at radius 2 is 2.00 bits per heavy atom. The molecular formula is C13H13N3O2. The first-order valence-corrected chi connectivity index (χ1v) is 5.38. The van der Waals surface area contributed by atoms with Crippen molar-refractivity contribution in [1.82, 2.24) is 15.8 Å². The molecule has 2 N–H and O–H groups in total. The van der Waals surface area contributed by atoms with E-state index in [4.69, 9.17) is 4.42 Å². The number of carbonyl (C=O) groups is 1. The first-order valence-electron chi connectivity index (χ1n) is 5.38. The zero-order valence-electron chi connectivity index (χ0n) is 9.93. The Bertz CT molecular complexity index is 561. The van der Waals surface area contributed by atoms with E-state index in [1.807, 2.05) is 0 Å². The van der Waals surface area contributed by atoms with Crippen LogP contribution in [0.4, 0.5) is 0 Å². The summed E-state index contributed by atoms with van der Waals surface area (Å²) in [6, 6.07) is 5.21. The lowest BCUT2D eigenvalue weighted by molar-refractivity contribution is 0.0941. The van der Waals surface area contributed by atoms with E-state index in [1.165, 1.54) is 6.26 Å². The highest BCUT2D eigenvalue weighted by atomic mass is 16.3. The molecule has 0 aliphatic heterocycles. The van der Waals surface area contributed by atoms with Crippen molar-refractivity contribution in [2.75, 3.05) is 0 Å². The second-order valence-corrected chi connectivity index (χ2v) is 3.68. The van der Waals surface area contributed by atoms with E-state index in [-0.39, 0.29) is 5.91 Å². The van der Waals surface area contributed by atoms with Crippen molar-refractivity contribution >= 4 is 11.6 Å². The van der Waals surface area contributed by atoms with Crippen LogP contribution in [-0.4, -0.2) is 10.9 Å². The van der Waals surface area contributed by atoms with E-state index in [1.54, 1.807) is 37.5 Å². The molecule has 0 aromatic carbocycles. The summed E-state index contributed by atoms with van der Waals surface area (Å²) in [7, 11) is 0. The number of furan rings is 1. The number of aromatic nitrogens is 1. The van der Waals surface area contributed by atoms with Gasteiger partial charge in [-0.15, -0.1) is 0 Å². The Morgan fingerprint density at radius 3 is 2.61 bits per heavy atom. The molecule has 0 unspecified atom stereocenters. The van der Waals surface area contributed by atoms with Gasteiger partial charge in [-0.2, -0.15) is 0 Å². The molecular weight excluding hydrogens is 230 g/mol. The first-order chi connectivity index (χ1) is 8.68. The molecule has 0 radical (unpaired) electrons. The average Bonchev–Trinajstić information content (AvgIpc) is 2.83. The van der Waals surface area contributed by atoms with Gasteiger partial charge in [-0.25, -0.2) is 0 Å². The van der Waals surface area contributed by atoms with Crippen molar-refractivity contribution in [2.24, 2.45) is 0 Å². The van der Waals surface area contributed by atoms with E-state index in [0.717, 1.165) is 5.56 Å². The highest BCUT2D eigenvalue weighted by molar-refractivity contribution is 5.95. The van der Waals surface area contributed by atoms with Gasteiger partial charge >= 0.3 is 0 Å². The summed E-state index contributed by atoms with van der Waals surface area (Å²) >= 11 is 0. The Labute approximate surface area is 105 Å². The molecule has 1 amide bonds. The maximum atomic E-state index is 11.8. The predicted molar refractivity (Wildman–Crippen MR) is 67.3 cm³/mol. The van der Waals surface area contributed by atoms with Crippen LogP contribution in [0.15, 0.2) is 47.9 Å². The van der Waals surface area contributed by atoms with Crippen LogP contribution in [0.2, 0.25) is 0 Å². The van der Waals surface area contributed by atoms with Crippen LogP contribution in [0.1, 0.15) is 21.7 Å². The summed E-state index contributed by atoms with van der Waals surface area (Å²) in [6.07, 6.45) is 4.79. The molecule has 2 rings (SSSR count). The minimum Gasteiger partial charge on any atom is -0.469 e. The van der Waals surface area contributed by atoms with Crippen molar-refractivity contribution in [2.45, 2.75) is 6.92 Å². The summed E-state index contributed by atoms with van der Waals surface area (Å²) in [5.74, 6) is 0.306. The molecule has 0 saturated carbocycles. The zero-order valence-corrected chi connectivity index (χ0v) is 9.93. The van der Waals surface area contributed by atoms with Crippen LogP contribution in [0.3, 0.4) is 0 Å². The van der Waals surface area contributed by atoms with Crippen molar-refractivity contribution in [3.05, 3.63) is 60.3 Å². The Morgan fingerprint density at radius 1 is 1.28 bits per heavy atom. The Balaban J connectivity index is 1.95. The third-order valence-corrected chi connectivity index (χ3v) is 2.46. The van der Waals surface area contributed by atoms with Crippen LogP contribution in [0.25, 0.3) is 5.70 Å². The minimum absolute atomic E-state index is 0.267. The third kappa shape index (κ3) is 2.57. The van der Waals surface area contributed by atoms with Crippen molar-refractivity contribution in [3.8, 4) is 0 Å². The number of nitrogens with one attached hydrogen (secondary N) is 2. The largest absolute Gasteiger partial charge is 0.469 e.